The van der Waals surface area contributed by atoms with Crippen molar-refractivity contribution in [1.29, 1.82) is 0 Å². The minimum Gasteiger partial charge on any atom is -0.328 e. The topological polar surface area (TPSA) is 107 Å². The molecule has 1 aromatic rings. The second-order valence-electron chi connectivity index (χ2n) is 5.51. The van der Waals surface area contributed by atoms with Crippen molar-refractivity contribution in [2.24, 2.45) is 5.73 Å². The van der Waals surface area contributed by atoms with Crippen LogP contribution >= 0.6 is 12.4 Å². The molecule has 22 heavy (non-hydrogen) atoms. The molecule has 1 aromatic carbocycles. The highest BCUT2D eigenvalue weighted by Crippen LogP contribution is 2.34. The molecule has 0 saturated heterocycles. The van der Waals surface area contributed by atoms with Crippen LogP contribution < -0.4 is 5.73 Å². The Morgan fingerprint density at radius 2 is 1.77 bits per heavy atom. The van der Waals surface area contributed by atoms with E-state index in [-0.39, 0.29) is 41.3 Å². The van der Waals surface area contributed by atoms with E-state index in [1.165, 1.54) is 23.1 Å². The molecule has 1 fully saturated rings. The molecule has 2 N–H and O–H groups in total. The molecular formula is C14H16ClN3O4. The zero-order valence-electron chi connectivity index (χ0n) is 11.7. The molecule has 2 aliphatic rings. The van der Waals surface area contributed by atoms with Crippen LogP contribution in [0.2, 0.25) is 0 Å². The van der Waals surface area contributed by atoms with E-state index in [4.69, 9.17) is 5.73 Å². The zero-order chi connectivity index (χ0) is 15.1. The summed E-state index contributed by atoms with van der Waals surface area (Å²) < 4.78 is 0. The van der Waals surface area contributed by atoms with Crippen LogP contribution in [0.4, 0.5) is 5.69 Å². The summed E-state index contributed by atoms with van der Waals surface area (Å²) >= 11 is 0. The molecular weight excluding hydrogens is 310 g/mol. The summed E-state index contributed by atoms with van der Waals surface area (Å²) in [6.45, 7) is 0. The van der Waals surface area contributed by atoms with E-state index in [2.05, 4.69) is 0 Å². The van der Waals surface area contributed by atoms with Crippen LogP contribution in [0.25, 0.3) is 0 Å². The lowest BCUT2D eigenvalue weighted by Gasteiger charge is -2.31. The van der Waals surface area contributed by atoms with Crippen molar-refractivity contribution in [3.8, 4) is 0 Å². The van der Waals surface area contributed by atoms with E-state index in [9.17, 15) is 19.7 Å². The number of rotatable bonds is 2. The van der Waals surface area contributed by atoms with Crippen LogP contribution in [0, 0.1) is 10.1 Å². The molecule has 1 heterocycles. The predicted octanol–water partition coefficient (Wildman–Crippen LogP) is 1.88. The number of nitro groups is 1. The number of fused-ring (bicyclic) bond motifs is 1. The first-order valence-electron chi connectivity index (χ1n) is 6.91. The van der Waals surface area contributed by atoms with Crippen LogP contribution in [0.1, 0.15) is 46.4 Å². The number of imide groups is 1. The first-order chi connectivity index (χ1) is 10.0. The quantitative estimate of drug-likeness (QED) is 0.507. The summed E-state index contributed by atoms with van der Waals surface area (Å²) in [6.07, 6.45) is 2.81. The third kappa shape index (κ3) is 2.46. The van der Waals surface area contributed by atoms with Gasteiger partial charge in [-0.25, -0.2) is 0 Å². The van der Waals surface area contributed by atoms with E-state index in [1.807, 2.05) is 0 Å². The van der Waals surface area contributed by atoms with Crippen molar-refractivity contribution < 1.29 is 14.5 Å². The standard InChI is InChI=1S/C14H15N3O4.ClH/c15-8-4-6-9(7-5-8)16-13(18)10-2-1-3-11(17(20)21)12(10)14(16)19;/h1-3,8-9H,4-7,15H2;1H. The SMILES string of the molecule is Cl.NC1CCC(N2C(=O)c3cccc([N+](=O)[O-])c3C2=O)CC1. The van der Waals surface area contributed by atoms with Crippen LogP contribution in [0.15, 0.2) is 18.2 Å². The Bertz CT molecular complexity index is 641. The van der Waals surface area contributed by atoms with Crippen LogP contribution in [0.3, 0.4) is 0 Å². The minimum absolute atomic E-state index is 0. The number of nitrogens with zero attached hydrogens (tertiary/aromatic N) is 2. The van der Waals surface area contributed by atoms with Crippen molar-refractivity contribution in [2.75, 3.05) is 0 Å². The lowest BCUT2D eigenvalue weighted by molar-refractivity contribution is -0.385. The van der Waals surface area contributed by atoms with Gasteiger partial charge in [-0.05, 0) is 31.7 Å². The summed E-state index contributed by atoms with van der Waals surface area (Å²) in [6, 6.07) is 4.05. The Morgan fingerprint density at radius 1 is 1.14 bits per heavy atom. The minimum atomic E-state index is -0.621. The number of hydrogen-bond acceptors (Lipinski definition) is 5. The molecule has 0 aromatic heterocycles. The fourth-order valence-electron chi connectivity index (χ4n) is 3.13. The molecule has 0 unspecified atom stereocenters. The number of amides is 2. The Morgan fingerprint density at radius 3 is 2.36 bits per heavy atom. The molecule has 7 nitrogen and oxygen atoms in total. The normalized spacial score (nSPS) is 24.0. The van der Waals surface area contributed by atoms with Gasteiger partial charge in [0.1, 0.15) is 5.56 Å². The summed E-state index contributed by atoms with van der Waals surface area (Å²) in [5.41, 5.74) is 5.58. The average molecular weight is 326 g/mol. The molecule has 2 amide bonds. The van der Waals surface area contributed by atoms with Gasteiger partial charge in [0.15, 0.2) is 0 Å². The van der Waals surface area contributed by atoms with Gasteiger partial charge >= 0.3 is 0 Å². The third-order valence-electron chi connectivity index (χ3n) is 4.23. The molecule has 1 aliphatic heterocycles. The molecule has 1 aliphatic carbocycles. The number of hydrogen-bond donors (Lipinski definition) is 1. The highest BCUT2D eigenvalue weighted by Gasteiger charge is 2.44. The first-order valence-corrected chi connectivity index (χ1v) is 6.91. The highest BCUT2D eigenvalue weighted by molar-refractivity contribution is 6.23. The third-order valence-corrected chi connectivity index (χ3v) is 4.23. The number of carbonyl (C=O) groups is 2. The van der Waals surface area contributed by atoms with E-state index < -0.39 is 16.7 Å². The molecule has 0 radical (unpaired) electrons. The van der Waals surface area contributed by atoms with E-state index in [0.29, 0.717) is 12.8 Å². The van der Waals surface area contributed by atoms with Crippen molar-refractivity contribution in [2.45, 2.75) is 37.8 Å². The van der Waals surface area contributed by atoms with Gasteiger partial charge in [-0.2, -0.15) is 0 Å². The number of nitrogens with two attached hydrogens (primary N) is 1. The van der Waals surface area contributed by atoms with Crippen LogP contribution in [-0.2, 0) is 0 Å². The Labute approximate surface area is 133 Å². The first kappa shape index (κ1) is 16.4. The number of carbonyl (C=O) groups excluding carboxylic acids is 2. The maximum atomic E-state index is 12.5. The van der Waals surface area contributed by atoms with E-state index in [1.54, 1.807) is 0 Å². The molecule has 118 valence electrons. The maximum Gasteiger partial charge on any atom is 0.282 e. The second-order valence-corrected chi connectivity index (χ2v) is 5.51. The van der Waals surface area contributed by atoms with Crippen molar-refractivity contribution in [1.82, 2.24) is 4.90 Å². The fraction of sp³-hybridized carbons (Fsp3) is 0.429. The van der Waals surface area contributed by atoms with Crippen molar-refractivity contribution in [3.63, 3.8) is 0 Å². The van der Waals surface area contributed by atoms with Gasteiger partial charge in [-0.3, -0.25) is 24.6 Å². The Balaban J connectivity index is 0.00000176. The number of benzene rings is 1. The fourth-order valence-corrected chi connectivity index (χ4v) is 3.13. The molecule has 3 rings (SSSR count). The van der Waals surface area contributed by atoms with Gasteiger partial charge in [0, 0.05) is 18.2 Å². The van der Waals surface area contributed by atoms with Crippen molar-refractivity contribution >= 4 is 29.9 Å². The highest BCUT2D eigenvalue weighted by atomic mass is 35.5. The van der Waals surface area contributed by atoms with Gasteiger partial charge in [-0.15, -0.1) is 12.4 Å². The maximum absolute atomic E-state index is 12.5. The van der Waals surface area contributed by atoms with Gasteiger partial charge in [-0.1, -0.05) is 6.07 Å². The predicted molar refractivity (Wildman–Crippen MR) is 81.1 cm³/mol. The second kappa shape index (κ2) is 6.02. The lowest BCUT2D eigenvalue weighted by atomic mass is 9.91. The number of halogens is 1. The number of nitro benzene ring substituents is 1. The van der Waals surface area contributed by atoms with Gasteiger partial charge in [0.05, 0.1) is 10.5 Å². The van der Waals surface area contributed by atoms with Gasteiger partial charge < -0.3 is 5.73 Å². The molecule has 0 atom stereocenters. The van der Waals surface area contributed by atoms with E-state index in [0.717, 1.165) is 12.8 Å². The van der Waals surface area contributed by atoms with Crippen molar-refractivity contribution in [3.05, 3.63) is 39.4 Å². The summed E-state index contributed by atoms with van der Waals surface area (Å²) in [7, 11) is 0. The summed E-state index contributed by atoms with van der Waals surface area (Å²) in [5.74, 6) is -0.984. The van der Waals surface area contributed by atoms with Gasteiger partial charge in [0.2, 0.25) is 0 Å². The largest absolute Gasteiger partial charge is 0.328 e. The van der Waals surface area contributed by atoms with Crippen LogP contribution in [-0.4, -0.2) is 33.7 Å². The summed E-state index contributed by atoms with van der Waals surface area (Å²) in [4.78, 5) is 36.5. The average Bonchev–Trinajstić information content (AvgIpc) is 2.72. The molecule has 0 bridgehead atoms. The molecule has 0 spiro atoms. The Kier molecular flexibility index (Phi) is 4.48. The smallest absolute Gasteiger partial charge is 0.282 e. The molecule has 1 saturated carbocycles. The monoisotopic (exact) mass is 325 g/mol. The van der Waals surface area contributed by atoms with Gasteiger partial charge in [0.25, 0.3) is 17.5 Å². The lowest BCUT2D eigenvalue weighted by Crippen LogP contribution is -2.44. The Hall–Kier alpha value is -1.99. The van der Waals surface area contributed by atoms with Crippen LogP contribution in [0.5, 0.6) is 0 Å². The zero-order valence-corrected chi connectivity index (χ0v) is 12.5. The van der Waals surface area contributed by atoms with E-state index >= 15 is 0 Å². The summed E-state index contributed by atoms with van der Waals surface area (Å²) in [5, 5.41) is 11.0. The molecule has 8 heteroatoms.